The van der Waals surface area contributed by atoms with E-state index in [1.807, 2.05) is 0 Å². The molecule has 0 radical (unpaired) electrons. The van der Waals surface area contributed by atoms with E-state index in [0.29, 0.717) is 18.9 Å². The summed E-state index contributed by atoms with van der Waals surface area (Å²) in [4.78, 5) is 23.5. The first kappa shape index (κ1) is 12.8. The molecule has 5 nitrogen and oxygen atoms in total. The molecular weight excluding hydrogens is 232 g/mol. The van der Waals surface area contributed by atoms with Crippen molar-refractivity contribution in [2.45, 2.75) is 25.4 Å². The lowest BCUT2D eigenvalue weighted by atomic mass is 10.1. The SMILES string of the molecule is Cn1cccc(C(=O)NCC[C@H](O)C2CC2)c1=O. The van der Waals surface area contributed by atoms with Crippen LogP contribution in [0.15, 0.2) is 23.1 Å². The Bertz CT molecular complexity index is 491. The van der Waals surface area contributed by atoms with E-state index < -0.39 is 0 Å². The van der Waals surface area contributed by atoms with Crippen molar-refractivity contribution in [3.05, 3.63) is 34.2 Å². The fraction of sp³-hybridized carbons (Fsp3) is 0.538. The van der Waals surface area contributed by atoms with E-state index in [0.717, 1.165) is 12.8 Å². The molecule has 98 valence electrons. The summed E-state index contributed by atoms with van der Waals surface area (Å²) in [6, 6.07) is 3.17. The zero-order chi connectivity index (χ0) is 13.1. The van der Waals surface area contributed by atoms with Crippen molar-refractivity contribution in [3.8, 4) is 0 Å². The number of hydrogen-bond donors (Lipinski definition) is 2. The summed E-state index contributed by atoms with van der Waals surface area (Å²) in [6.45, 7) is 0.397. The molecule has 0 unspecified atom stereocenters. The lowest BCUT2D eigenvalue weighted by Gasteiger charge is -2.10. The van der Waals surface area contributed by atoms with E-state index in [2.05, 4.69) is 5.32 Å². The number of carbonyl (C=O) groups excluding carboxylic acids is 1. The van der Waals surface area contributed by atoms with Gasteiger partial charge in [-0.3, -0.25) is 9.59 Å². The molecule has 1 aliphatic carbocycles. The van der Waals surface area contributed by atoms with E-state index in [1.165, 1.54) is 10.6 Å². The van der Waals surface area contributed by atoms with Crippen LogP contribution in [0.25, 0.3) is 0 Å². The van der Waals surface area contributed by atoms with Crippen molar-refractivity contribution < 1.29 is 9.90 Å². The summed E-state index contributed by atoms with van der Waals surface area (Å²) in [6.07, 6.45) is 3.98. The quantitative estimate of drug-likeness (QED) is 0.788. The summed E-state index contributed by atoms with van der Waals surface area (Å²) in [7, 11) is 1.61. The molecule has 0 bridgehead atoms. The third kappa shape index (κ3) is 2.98. The first-order valence-corrected chi connectivity index (χ1v) is 6.21. The number of carbonyl (C=O) groups is 1. The first-order chi connectivity index (χ1) is 8.59. The van der Waals surface area contributed by atoms with Crippen LogP contribution < -0.4 is 10.9 Å². The standard InChI is InChI=1S/C13H18N2O3/c1-15-8-2-3-10(13(15)18)12(17)14-7-6-11(16)9-4-5-9/h2-3,8-9,11,16H,4-7H2,1H3,(H,14,17)/t11-/m0/s1. The number of hydrogen-bond acceptors (Lipinski definition) is 3. The van der Waals surface area contributed by atoms with Gasteiger partial charge in [0.15, 0.2) is 0 Å². The molecule has 1 heterocycles. The third-order valence-corrected chi connectivity index (χ3v) is 3.26. The van der Waals surface area contributed by atoms with Crippen LogP contribution >= 0.6 is 0 Å². The van der Waals surface area contributed by atoms with Crippen LogP contribution in [-0.2, 0) is 7.05 Å². The van der Waals surface area contributed by atoms with Gasteiger partial charge in [0.1, 0.15) is 5.56 Å². The normalized spacial score (nSPS) is 16.3. The monoisotopic (exact) mass is 250 g/mol. The number of amides is 1. The minimum Gasteiger partial charge on any atom is -0.393 e. The van der Waals surface area contributed by atoms with E-state index in [9.17, 15) is 14.7 Å². The van der Waals surface area contributed by atoms with Gasteiger partial charge in [0.2, 0.25) is 0 Å². The van der Waals surface area contributed by atoms with Crippen molar-refractivity contribution in [1.29, 1.82) is 0 Å². The summed E-state index contributed by atoms with van der Waals surface area (Å²) in [5.41, 5.74) is -0.168. The summed E-state index contributed by atoms with van der Waals surface area (Å²) in [5.74, 6) is 0.0330. The Hall–Kier alpha value is -1.62. The van der Waals surface area contributed by atoms with Gasteiger partial charge in [0.05, 0.1) is 6.10 Å². The number of aryl methyl sites for hydroxylation is 1. The summed E-state index contributed by atoms with van der Waals surface area (Å²) < 4.78 is 1.37. The predicted molar refractivity (Wildman–Crippen MR) is 67.4 cm³/mol. The van der Waals surface area contributed by atoms with Crippen LogP contribution in [0.2, 0.25) is 0 Å². The zero-order valence-electron chi connectivity index (χ0n) is 10.4. The second-order valence-corrected chi connectivity index (χ2v) is 4.79. The van der Waals surface area contributed by atoms with Crippen LogP contribution in [0.1, 0.15) is 29.6 Å². The largest absolute Gasteiger partial charge is 0.393 e. The number of pyridine rings is 1. The number of rotatable bonds is 5. The highest BCUT2D eigenvalue weighted by Gasteiger charge is 2.29. The molecule has 1 saturated carbocycles. The van der Waals surface area contributed by atoms with E-state index in [-0.39, 0.29) is 23.1 Å². The van der Waals surface area contributed by atoms with Gasteiger partial charge in [-0.1, -0.05) is 0 Å². The molecule has 1 aliphatic rings. The number of aromatic nitrogens is 1. The number of nitrogens with zero attached hydrogens (tertiary/aromatic N) is 1. The highest BCUT2D eigenvalue weighted by molar-refractivity contribution is 5.93. The fourth-order valence-electron chi connectivity index (χ4n) is 1.92. The molecule has 1 fully saturated rings. The second kappa shape index (κ2) is 5.35. The van der Waals surface area contributed by atoms with Crippen molar-refractivity contribution in [2.75, 3.05) is 6.54 Å². The van der Waals surface area contributed by atoms with Crippen LogP contribution in [0.5, 0.6) is 0 Å². The molecule has 1 aromatic rings. The molecule has 5 heteroatoms. The van der Waals surface area contributed by atoms with Crippen LogP contribution in [0.3, 0.4) is 0 Å². The molecule has 1 atom stereocenters. The van der Waals surface area contributed by atoms with Gasteiger partial charge < -0.3 is 15.0 Å². The Kier molecular flexibility index (Phi) is 3.81. The van der Waals surface area contributed by atoms with Gasteiger partial charge in [0, 0.05) is 19.8 Å². The van der Waals surface area contributed by atoms with Crippen molar-refractivity contribution in [1.82, 2.24) is 9.88 Å². The Morgan fingerprint density at radius 3 is 3.00 bits per heavy atom. The molecule has 0 saturated heterocycles. The van der Waals surface area contributed by atoms with Crippen molar-refractivity contribution in [3.63, 3.8) is 0 Å². The molecule has 2 rings (SSSR count). The Labute approximate surface area is 105 Å². The van der Waals surface area contributed by atoms with Crippen LogP contribution in [0.4, 0.5) is 0 Å². The lowest BCUT2D eigenvalue weighted by molar-refractivity contribution is 0.0935. The second-order valence-electron chi connectivity index (χ2n) is 4.79. The average molecular weight is 250 g/mol. The Morgan fingerprint density at radius 2 is 2.33 bits per heavy atom. The molecule has 0 aliphatic heterocycles. The smallest absolute Gasteiger partial charge is 0.263 e. The minimum atomic E-state index is -0.376. The maximum atomic E-state index is 11.8. The van der Waals surface area contributed by atoms with Crippen LogP contribution in [-0.4, -0.2) is 28.2 Å². The number of nitrogens with one attached hydrogen (secondary N) is 1. The number of aliphatic hydroxyl groups excluding tert-OH is 1. The van der Waals surface area contributed by atoms with Gasteiger partial charge >= 0.3 is 0 Å². The topological polar surface area (TPSA) is 71.3 Å². The van der Waals surface area contributed by atoms with Gasteiger partial charge in [-0.15, -0.1) is 0 Å². The van der Waals surface area contributed by atoms with Crippen molar-refractivity contribution >= 4 is 5.91 Å². The predicted octanol–water partition coefficient (Wildman–Crippen LogP) is 0.276. The van der Waals surface area contributed by atoms with E-state index in [4.69, 9.17) is 0 Å². The molecule has 18 heavy (non-hydrogen) atoms. The Morgan fingerprint density at radius 1 is 1.61 bits per heavy atom. The molecule has 1 aromatic heterocycles. The zero-order valence-corrected chi connectivity index (χ0v) is 10.4. The molecule has 0 spiro atoms. The molecule has 1 amide bonds. The first-order valence-electron chi connectivity index (χ1n) is 6.21. The van der Waals surface area contributed by atoms with Gasteiger partial charge in [-0.2, -0.15) is 0 Å². The molecule has 2 N–H and O–H groups in total. The maximum absolute atomic E-state index is 11.8. The van der Waals surface area contributed by atoms with E-state index >= 15 is 0 Å². The highest BCUT2D eigenvalue weighted by atomic mass is 16.3. The number of aliphatic hydroxyl groups is 1. The third-order valence-electron chi connectivity index (χ3n) is 3.26. The van der Waals surface area contributed by atoms with Gasteiger partial charge in [0.25, 0.3) is 11.5 Å². The maximum Gasteiger partial charge on any atom is 0.263 e. The molecular formula is C13H18N2O3. The Balaban J connectivity index is 1.87. The summed E-state index contributed by atoms with van der Waals surface area (Å²) in [5, 5.41) is 12.3. The lowest BCUT2D eigenvalue weighted by Crippen LogP contribution is -2.33. The minimum absolute atomic E-state index is 0.140. The highest BCUT2D eigenvalue weighted by Crippen LogP contribution is 2.33. The van der Waals surface area contributed by atoms with Gasteiger partial charge in [-0.05, 0) is 37.3 Å². The summed E-state index contributed by atoms with van der Waals surface area (Å²) >= 11 is 0. The van der Waals surface area contributed by atoms with Gasteiger partial charge in [-0.25, -0.2) is 0 Å². The fourth-order valence-corrected chi connectivity index (χ4v) is 1.92. The average Bonchev–Trinajstić information content (AvgIpc) is 3.16. The van der Waals surface area contributed by atoms with Crippen LogP contribution in [0, 0.1) is 5.92 Å². The van der Waals surface area contributed by atoms with Crippen molar-refractivity contribution in [2.24, 2.45) is 13.0 Å². The van der Waals surface area contributed by atoms with E-state index in [1.54, 1.807) is 19.3 Å². The molecule has 0 aromatic carbocycles.